The summed E-state index contributed by atoms with van der Waals surface area (Å²) in [6, 6.07) is 16.1. The fourth-order valence-corrected chi connectivity index (χ4v) is 4.22. The number of H-pyrrole nitrogens is 1. The fourth-order valence-electron chi connectivity index (χ4n) is 3.14. The molecule has 31 heavy (non-hydrogen) atoms. The molecule has 0 bridgehead atoms. The Morgan fingerprint density at radius 3 is 2.71 bits per heavy atom. The molecule has 2 aromatic carbocycles. The number of rotatable bonds is 6. The first-order valence-electron chi connectivity index (χ1n) is 9.47. The molecule has 2 aliphatic heterocycles. The zero-order chi connectivity index (χ0) is 22.0. The Morgan fingerprint density at radius 1 is 1.23 bits per heavy atom. The molecule has 9 heteroatoms. The predicted octanol–water partition coefficient (Wildman–Crippen LogP) is 4.37. The van der Waals surface area contributed by atoms with Gasteiger partial charge < -0.3 is 15.5 Å². The van der Waals surface area contributed by atoms with Gasteiger partial charge in [0.1, 0.15) is 11.5 Å². The van der Waals surface area contributed by atoms with Gasteiger partial charge >= 0.3 is 5.97 Å². The maximum absolute atomic E-state index is 11.3. The van der Waals surface area contributed by atoms with E-state index < -0.39 is 18.1 Å². The standard InChI is InChI=1S/C22H19ClN4O3S/c1-12(28)19(22(29)30)25-14-10-17-20(24-11-14)21(27-31-17)26-16-9-5-8-15(18(16)23)13-6-3-2-4-7-13/h2-12,19,26-28H,1H3,(H,29,30). The van der Waals surface area contributed by atoms with Gasteiger partial charge in [0.2, 0.25) is 0 Å². The summed E-state index contributed by atoms with van der Waals surface area (Å²) >= 11 is 8.00. The third kappa shape index (κ3) is 4.46. The van der Waals surface area contributed by atoms with Crippen LogP contribution in [0.25, 0.3) is 21.7 Å². The van der Waals surface area contributed by atoms with Crippen molar-refractivity contribution in [1.82, 2.24) is 9.36 Å². The van der Waals surface area contributed by atoms with Gasteiger partial charge in [-0.15, -0.1) is 0 Å². The number of benzene rings is 2. The highest BCUT2D eigenvalue weighted by Crippen LogP contribution is 2.38. The summed E-state index contributed by atoms with van der Waals surface area (Å²) in [5.74, 6) is -0.521. The number of aromatic amines is 1. The van der Waals surface area contributed by atoms with E-state index in [1.165, 1.54) is 24.7 Å². The van der Waals surface area contributed by atoms with Crippen LogP contribution in [-0.4, -0.2) is 37.7 Å². The number of aliphatic hydroxyl groups excluding tert-OH is 1. The van der Waals surface area contributed by atoms with Crippen LogP contribution in [0.15, 0.2) is 65.8 Å². The first-order chi connectivity index (χ1) is 14.9. The summed E-state index contributed by atoms with van der Waals surface area (Å²) in [6.45, 7) is 1.39. The van der Waals surface area contributed by atoms with Crippen LogP contribution in [0.5, 0.6) is 0 Å². The highest BCUT2D eigenvalue weighted by atomic mass is 35.5. The average molecular weight is 455 g/mol. The van der Waals surface area contributed by atoms with Gasteiger partial charge in [0.15, 0.2) is 6.04 Å². The lowest BCUT2D eigenvalue weighted by atomic mass is 10.1. The number of aromatic nitrogens is 2. The summed E-state index contributed by atoms with van der Waals surface area (Å²) in [6.07, 6.45) is 0.369. The third-order valence-corrected chi connectivity index (χ3v) is 5.92. The van der Waals surface area contributed by atoms with Gasteiger partial charge in [-0.25, -0.2) is 9.78 Å². The van der Waals surface area contributed by atoms with Crippen LogP contribution in [-0.2, 0) is 4.79 Å². The van der Waals surface area contributed by atoms with Crippen molar-refractivity contribution in [3.8, 4) is 21.7 Å². The van der Waals surface area contributed by atoms with Gasteiger partial charge in [-0.1, -0.05) is 65.6 Å². The quantitative estimate of drug-likeness (QED) is 0.345. The van der Waals surface area contributed by atoms with Crippen LogP contribution in [0.3, 0.4) is 0 Å². The van der Waals surface area contributed by atoms with Crippen molar-refractivity contribution in [3.63, 3.8) is 0 Å². The van der Waals surface area contributed by atoms with E-state index in [0.717, 1.165) is 21.7 Å². The molecule has 7 nitrogen and oxygen atoms in total. The highest BCUT2D eigenvalue weighted by molar-refractivity contribution is 7.10. The summed E-state index contributed by atoms with van der Waals surface area (Å²) in [4.78, 5) is 20.6. The van der Waals surface area contributed by atoms with E-state index >= 15 is 0 Å². The van der Waals surface area contributed by atoms with Crippen molar-refractivity contribution >= 4 is 40.6 Å². The lowest BCUT2D eigenvalue weighted by Gasteiger charge is -2.12. The fraction of sp³-hybridized carbons (Fsp3) is 0.136. The van der Waals surface area contributed by atoms with Crippen molar-refractivity contribution in [2.75, 3.05) is 5.32 Å². The summed E-state index contributed by atoms with van der Waals surface area (Å²) in [5.41, 5.74) is 3.34. The monoisotopic (exact) mass is 454 g/mol. The number of aliphatic hydroxyl groups is 1. The van der Waals surface area contributed by atoms with E-state index in [-0.39, 0.29) is 0 Å². The second kappa shape index (κ2) is 8.89. The predicted molar refractivity (Wildman–Crippen MR) is 122 cm³/mol. The maximum atomic E-state index is 11.3. The molecular formula is C22H19ClN4O3S. The average Bonchev–Trinajstić information content (AvgIpc) is 3.15. The number of halogens is 1. The summed E-state index contributed by atoms with van der Waals surface area (Å²) in [7, 11) is 0. The summed E-state index contributed by atoms with van der Waals surface area (Å²) < 4.78 is 3.18. The van der Waals surface area contributed by atoms with Gasteiger partial charge in [-0.05, 0) is 24.6 Å². The molecule has 0 amide bonds. The van der Waals surface area contributed by atoms with E-state index in [2.05, 4.69) is 19.7 Å². The molecule has 0 fully saturated rings. The van der Waals surface area contributed by atoms with Crippen LogP contribution >= 0.6 is 23.1 Å². The van der Waals surface area contributed by atoms with E-state index in [9.17, 15) is 15.0 Å². The molecule has 2 aromatic rings. The SMILES string of the molecule is CC(O)C(N=c1cnc2c(Nc3cccc(-c4ccccc4)c3Cl)[nH]sc-2c1)C(=O)O. The molecule has 0 aliphatic carbocycles. The van der Waals surface area contributed by atoms with Crippen molar-refractivity contribution in [1.29, 1.82) is 0 Å². The third-order valence-electron chi connectivity index (χ3n) is 4.68. The molecule has 158 valence electrons. The molecule has 0 saturated heterocycles. The number of carboxylic acids is 1. The molecule has 0 aromatic heterocycles. The number of hydrogen-bond acceptors (Lipinski definition) is 6. The Balaban J connectivity index is 1.66. The lowest BCUT2D eigenvalue weighted by Crippen LogP contribution is -2.32. The molecule has 2 heterocycles. The van der Waals surface area contributed by atoms with Crippen molar-refractivity contribution in [3.05, 3.63) is 71.2 Å². The minimum Gasteiger partial charge on any atom is -0.480 e. The highest BCUT2D eigenvalue weighted by Gasteiger charge is 2.22. The molecule has 4 rings (SSSR count). The molecule has 4 N–H and O–H groups in total. The number of carbonyl (C=O) groups is 1. The van der Waals surface area contributed by atoms with E-state index in [1.807, 2.05) is 48.5 Å². The molecule has 0 radical (unpaired) electrons. The minimum absolute atomic E-state index is 0.381. The van der Waals surface area contributed by atoms with Gasteiger partial charge in [0, 0.05) is 5.56 Å². The number of carboxylic acid groups (broad SMARTS) is 1. The lowest BCUT2D eigenvalue weighted by molar-refractivity contribution is -0.140. The number of anilines is 2. The van der Waals surface area contributed by atoms with Gasteiger partial charge in [-0.2, -0.15) is 0 Å². The van der Waals surface area contributed by atoms with Crippen LogP contribution in [0.4, 0.5) is 11.5 Å². The van der Waals surface area contributed by atoms with Crippen LogP contribution < -0.4 is 10.7 Å². The Bertz CT molecular complexity index is 1250. The zero-order valence-corrected chi connectivity index (χ0v) is 18.0. The first kappa shape index (κ1) is 21.0. The Hall–Kier alpha value is -3.20. The Kier molecular flexibility index (Phi) is 6.03. The molecule has 2 atom stereocenters. The number of aliphatic carboxylic acids is 1. The van der Waals surface area contributed by atoms with Crippen LogP contribution in [0.2, 0.25) is 5.02 Å². The van der Waals surface area contributed by atoms with E-state index in [1.54, 1.807) is 6.07 Å². The normalized spacial score (nSPS) is 13.8. The first-order valence-corrected chi connectivity index (χ1v) is 10.7. The largest absolute Gasteiger partial charge is 0.480 e. The topological polar surface area (TPSA) is 111 Å². The van der Waals surface area contributed by atoms with Crippen molar-refractivity contribution in [2.45, 2.75) is 19.1 Å². The van der Waals surface area contributed by atoms with Crippen molar-refractivity contribution < 1.29 is 15.0 Å². The minimum atomic E-state index is -1.25. The number of nitrogens with zero attached hydrogens (tertiary/aromatic N) is 2. The molecule has 0 spiro atoms. The summed E-state index contributed by atoms with van der Waals surface area (Å²) in [5, 5.41) is 23.1. The Labute approximate surface area is 187 Å². The number of hydrogen-bond donors (Lipinski definition) is 4. The van der Waals surface area contributed by atoms with Gasteiger partial charge in [0.05, 0.1) is 33.2 Å². The van der Waals surface area contributed by atoms with E-state index in [4.69, 9.17) is 11.6 Å². The van der Waals surface area contributed by atoms with Crippen molar-refractivity contribution in [2.24, 2.45) is 4.99 Å². The van der Waals surface area contributed by atoms with Gasteiger partial charge in [0.25, 0.3) is 0 Å². The number of pyridine rings is 1. The maximum Gasteiger partial charge on any atom is 0.331 e. The van der Waals surface area contributed by atoms with Crippen LogP contribution in [0.1, 0.15) is 6.92 Å². The van der Waals surface area contributed by atoms with Gasteiger partial charge in [-0.3, -0.25) is 9.37 Å². The molecule has 2 aliphatic rings. The number of nitrogens with one attached hydrogen (secondary N) is 2. The second-order valence-corrected chi connectivity index (χ2v) is 8.16. The zero-order valence-electron chi connectivity index (χ0n) is 16.4. The molecule has 2 unspecified atom stereocenters. The number of fused-ring (bicyclic) bond motifs is 1. The smallest absolute Gasteiger partial charge is 0.331 e. The molecular weight excluding hydrogens is 436 g/mol. The van der Waals surface area contributed by atoms with Crippen LogP contribution in [0, 0.1) is 0 Å². The van der Waals surface area contributed by atoms with E-state index in [0.29, 0.717) is 21.9 Å². The Morgan fingerprint density at radius 2 is 2.00 bits per heavy atom. The molecule has 0 saturated carbocycles. The second-order valence-electron chi connectivity index (χ2n) is 6.93.